The lowest BCUT2D eigenvalue weighted by Crippen LogP contribution is -2.46. The monoisotopic (exact) mass is 440 g/mol. The van der Waals surface area contributed by atoms with Gasteiger partial charge in [0.05, 0.1) is 33.7 Å². The first kappa shape index (κ1) is 21.1. The number of para-hydroxylation sites is 1. The molecule has 0 aliphatic carbocycles. The first-order valence-electron chi connectivity index (χ1n) is 10.1. The van der Waals surface area contributed by atoms with Crippen LogP contribution in [0.4, 0.5) is 4.39 Å². The summed E-state index contributed by atoms with van der Waals surface area (Å²) in [6.07, 6.45) is 2.76. The maximum atomic E-state index is 13.8. The second-order valence-electron chi connectivity index (χ2n) is 7.53. The van der Waals surface area contributed by atoms with Crippen LogP contribution in [0, 0.1) is 12.7 Å². The van der Waals surface area contributed by atoms with Crippen molar-refractivity contribution in [2.45, 2.75) is 25.8 Å². The van der Waals surface area contributed by atoms with E-state index in [4.69, 9.17) is 11.6 Å². The molecule has 2 aromatic carbocycles. The van der Waals surface area contributed by atoms with Gasteiger partial charge in [-0.05, 0) is 44.0 Å². The van der Waals surface area contributed by atoms with E-state index in [0.29, 0.717) is 42.2 Å². The van der Waals surface area contributed by atoms with E-state index in [1.807, 2.05) is 25.1 Å². The van der Waals surface area contributed by atoms with Gasteiger partial charge in [0, 0.05) is 19.1 Å². The maximum Gasteiger partial charge on any atom is 0.257 e. The molecule has 4 rings (SSSR count). The van der Waals surface area contributed by atoms with Crippen LogP contribution < -0.4 is 5.32 Å². The summed E-state index contributed by atoms with van der Waals surface area (Å²) in [6, 6.07) is 13.1. The van der Waals surface area contributed by atoms with Gasteiger partial charge in [-0.2, -0.15) is 5.10 Å². The van der Waals surface area contributed by atoms with Crippen LogP contribution >= 0.6 is 11.6 Å². The molecule has 2 amide bonds. The van der Waals surface area contributed by atoms with Crippen molar-refractivity contribution in [2.24, 2.45) is 0 Å². The van der Waals surface area contributed by atoms with Crippen molar-refractivity contribution in [3.8, 4) is 5.69 Å². The Kier molecular flexibility index (Phi) is 6.04. The lowest BCUT2D eigenvalue weighted by molar-refractivity contribution is 0.0697. The average Bonchev–Trinajstić information content (AvgIpc) is 3.15. The highest BCUT2D eigenvalue weighted by Crippen LogP contribution is 2.23. The molecule has 0 spiro atoms. The summed E-state index contributed by atoms with van der Waals surface area (Å²) in [4.78, 5) is 27.1. The number of hydrogen-bond donors (Lipinski definition) is 1. The molecule has 0 unspecified atom stereocenters. The third kappa shape index (κ3) is 4.32. The van der Waals surface area contributed by atoms with Gasteiger partial charge >= 0.3 is 0 Å². The third-order valence-electron chi connectivity index (χ3n) is 5.56. The van der Waals surface area contributed by atoms with Gasteiger partial charge in [-0.25, -0.2) is 9.07 Å². The Morgan fingerprint density at radius 3 is 2.45 bits per heavy atom. The van der Waals surface area contributed by atoms with Crippen molar-refractivity contribution in [3.63, 3.8) is 0 Å². The van der Waals surface area contributed by atoms with Crippen molar-refractivity contribution in [3.05, 3.63) is 82.4 Å². The van der Waals surface area contributed by atoms with Gasteiger partial charge < -0.3 is 10.2 Å². The zero-order valence-electron chi connectivity index (χ0n) is 17.0. The highest BCUT2D eigenvalue weighted by atomic mass is 35.5. The van der Waals surface area contributed by atoms with Crippen LogP contribution in [0.3, 0.4) is 0 Å². The minimum absolute atomic E-state index is 0.0311. The molecule has 0 atom stereocenters. The molecule has 1 fully saturated rings. The highest BCUT2D eigenvalue weighted by molar-refractivity contribution is 6.32. The van der Waals surface area contributed by atoms with Crippen LogP contribution in [0.5, 0.6) is 0 Å². The van der Waals surface area contributed by atoms with E-state index >= 15 is 0 Å². The third-order valence-corrected chi connectivity index (χ3v) is 5.88. The zero-order chi connectivity index (χ0) is 22.0. The topological polar surface area (TPSA) is 67.2 Å². The van der Waals surface area contributed by atoms with E-state index < -0.39 is 11.7 Å². The smallest absolute Gasteiger partial charge is 0.257 e. The number of halogens is 2. The Hall–Kier alpha value is -3.19. The molecule has 160 valence electrons. The zero-order valence-corrected chi connectivity index (χ0v) is 17.8. The standard InChI is InChI=1S/C23H22ClFN4O2/c1-15-18(14-26-29(15)21-9-5-3-7-19(21)24)23(31)28-12-10-16(11-13-28)27-22(30)17-6-2-4-8-20(17)25/h2-9,14,16H,10-13H2,1H3,(H,27,30). The van der Waals surface area contributed by atoms with Gasteiger partial charge in [0.2, 0.25) is 0 Å². The predicted molar refractivity (Wildman–Crippen MR) is 116 cm³/mol. The summed E-state index contributed by atoms with van der Waals surface area (Å²) in [6.45, 7) is 2.83. The summed E-state index contributed by atoms with van der Waals surface area (Å²) < 4.78 is 15.5. The Morgan fingerprint density at radius 2 is 1.74 bits per heavy atom. The Bertz CT molecular complexity index is 1120. The van der Waals surface area contributed by atoms with E-state index in [2.05, 4.69) is 10.4 Å². The van der Waals surface area contributed by atoms with Gasteiger partial charge in [-0.3, -0.25) is 9.59 Å². The summed E-state index contributed by atoms with van der Waals surface area (Å²) >= 11 is 6.27. The van der Waals surface area contributed by atoms with Gasteiger partial charge in [-0.1, -0.05) is 35.9 Å². The van der Waals surface area contributed by atoms with Gasteiger partial charge in [0.25, 0.3) is 11.8 Å². The van der Waals surface area contributed by atoms with Crippen LogP contribution in [0.25, 0.3) is 5.69 Å². The van der Waals surface area contributed by atoms with Crippen LogP contribution in [-0.4, -0.2) is 45.6 Å². The molecule has 1 aliphatic rings. The number of carbonyl (C=O) groups is 2. The van der Waals surface area contributed by atoms with E-state index in [-0.39, 0.29) is 17.5 Å². The molecule has 2 heterocycles. The fourth-order valence-electron chi connectivity index (χ4n) is 3.79. The first-order valence-corrected chi connectivity index (χ1v) is 10.5. The molecular weight excluding hydrogens is 419 g/mol. The molecule has 1 aromatic heterocycles. The lowest BCUT2D eigenvalue weighted by Gasteiger charge is -2.32. The number of rotatable bonds is 4. The van der Waals surface area contributed by atoms with Crippen molar-refractivity contribution in [1.29, 1.82) is 0 Å². The van der Waals surface area contributed by atoms with Gasteiger partial charge in [-0.15, -0.1) is 0 Å². The number of benzene rings is 2. The summed E-state index contributed by atoms with van der Waals surface area (Å²) in [5.41, 5.74) is 1.99. The number of carbonyl (C=O) groups excluding carboxylic acids is 2. The van der Waals surface area contributed by atoms with Crippen LogP contribution in [0.1, 0.15) is 39.3 Å². The normalized spacial score (nSPS) is 14.5. The van der Waals surface area contributed by atoms with Crippen molar-refractivity contribution < 1.29 is 14.0 Å². The van der Waals surface area contributed by atoms with Crippen molar-refractivity contribution in [2.75, 3.05) is 13.1 Å². The number of aromatic nitrogens is 2. The molecule has 0 saturated carbocycles. The number of piperidine rings is 1. The molecule has 1 saturated heterocycles. The Labute approximate surface area is 184 Å². The summed E-state index contributed by atoms with van der Waals surface area (Å²) in [5, 5.41) is 7.78. The van der Waals surface area contributed by atoms with E-state index in [9.17, 15) is 14.0 Å². The highest BCUT2D eigenvalue weighted by Gasteiger charge is 2.27. The minimum atomic E-state index is -0.543. The fraction of sp³-hybridized carbons (Fsp3) is 0.261. The SMILES string of the molecule is Cc1c(C(=O)N2CCC(NC(=O)c3ccccc3F)CC2)cnn1-c1ccccc1Cl. The second-order valence-corrected chi connectivity index (χ2v) is 7.93. The molecule has 0 bridgehead atoms. The van der Waals surface area contributed by atoms with Crippen LogP contribution in [0.2, 0.25) is 5.02 Å². The number of nitrogens with zero attached hydrogens (tertiary/aromatic N) is 3. The fourth-order valence-corrected chi connectivity index (χ4v) is 4.01. The van der Waals surface area contributed by atoms with Gasteiger partial charge in [0.15, 0.2) is 0 Å². The minimum Gasteiger partial charge on any atom is -0.349 e. The van der Waals surface area contributed by atoms with Crippen LogP contribution in [-0.2, 0) is 0 Å². The van der Waals surface area contributed by atoms with Gasteiger partial charge in [0.1, 0.15) is 5.82 Å². The molecule has 31 heavy (non-hydrogen) atoms. The molecule has 6 nitrogen and oxygen atoms in total. The van der Waals surface area contributed by atoms with Crippen LogP contribution in [0.15, 0.2) is 54.7 Å². The predicted octanol–water partition coefficient (Wildman–Crippen LogP) is 4.01. The van der Waals surface area contributed by atoms with Crippen molar-refractivity contribution >= 4 is 23.4 Å². The number of nitrogens with one attached hydrogen (secondary N) is 1. The van der Waals surface area contributed by atoms with E-state index in [0.717, 1.165) is 5.69 Å². The average molecular weight is 441 g/mol. The number of hydrogen-bond acceptors (Lipinski definition) is 3. The van der Waals surface area contributed by atoms with E-state index in [1.54, 1.807) is 34.0 Å². The molecule has 3 aromatic rings. The number of amides is 2. The Balaban J connectivity index is 1.39. The quantitative estimate of drug-likeness (QED) is 0.666. The summed E-state index contributed by atoms with van der Waals surface area (Å²) in [7, 11) is 0. The largest absolute Gasteiger partial charge is 0.349 e. The molecule has 0 radical (unpaired) electrons. The molecule has 1 N–H and O–H groups in total. The second kappa shape index (κ2) is 8.89. The molecule has 8 heteroatoms. The molecular formula is C23H22ClFN4O2. The van der Waals surface area contributed by atoms with Crippen molar-refractivity contribution in [1.82, 2.24) is 20.0 Å². The first-order chi connectivity index (χ1) is 15.0. The Morgan fingerprint density at radius 1 is 1.06 bits per heavy atom. The molecule has 1 aliphatic heterocycles. The maximum absolute atomic E-state index is 13.8. The summed E-state index contributed by atoms with van der Waals surface area (Å²) in [5.74, 6) is -1.08. The number of likely N-dealkylation sites (tertiary alicyclic amines) is 1. The van der Waals surface area contributed by atoms with E-state index in [1.165, 1.54) is 12.1 Å². The lowest BCUT2D eigenvalue weighted by atomic mass is 10.0.